The molecular formula is C58H64ClF2N7O5Si. The lowest BCUT2D eigenvalue weighted by atomic mass is 9.95. The minimum Gasteiger partial charge on any atom is -0.461 e. The van der Waals surface area contributed by atoms with E-state index in [1.165, 1.54) is 0 Å². The summed E-state index contributed by atoms with van der Waals surface area (Å²) in [4.78, 5) is 49.8. The zero-order valence-corrected chi connectivity index (χ0v) is 45.0. The van der Waals surface area contributed by atoms with Crippen LogP contribution in [0.2, 0.25) is 10.1 Å². The molecule has 4 aromatic carbocycles. The van der Waals surface area contributed by atoms with Gasteiger partial charge in [0.15, 0.2) is 5.82 Å². The van der Waals surface area contributed by atoms with Crippen LogP contribution in [0.4, 0.5) is 19.4 Å². The Morgan fingerprint density at radius 3 is 2.30 bits per heavy atom. The Balaban J connectivity index is 0.927. The number of rotatable bonds is 10. The Bertz CT molecular complexity index is 3100. The molecule has 386 valence electrons. The molecule has 0 spiro atoms. The van der Waals surface area contributed by atoms with Gasteiger partial charge in [-0.05, 0) is 79.4 Å². The zero-order chi connectivity index (χ0) is 52.2. The molecule has 74 heavy (non-hydrogen) atoms. The van der Waals surface area contributed by atoms with Crippen molar-refractivity contribution in [3.8, 4) is 29.1 Å². The number of benzene rings is 4. The van der Waals surface area contributed by atoms with E-state index in [0.717, 1.165) is 35.1 Å². The Kier molecular flexibility index (Phi) is 14.0. The summed E-state index contributed by atoms with van der Waals surface area (Å²) in [6.07, 6.45) is 2.71. The summed E-state index contributed by atoms with van der Waals surface area (Å²) < 4.78 is 51.9. The maximum atomic E-state index is 17.2. The van der Waals surface area contributed by atoms with Crippen LogP contribution < -0.4 is 20.0 Å². The second-order valence-corrected chi connectivity index (χ2v) is 27.0. The number of halogens is 3. The molecule has 4 saturated heterocycles. The Morgan fingerprint density at radius 2 is 1.61 bits per heavy atom. The van der Waals surface area contributed by atoms with Gasteiger partial charge in [0.05, 0.1) is 29.6 Å². The third-order valence-electron chi connectivity index (χ3n) is 15.3. The average molecular weight is 1040 g/mol. The van der Waals surface area contributed by atoms with Gasteiger partial charge >= 0.3 is 12.1 Å². The van der Waals surface area contributed by atoms with Crippen LogP contribution in [0.1, 0.15) is 73.6 Å². The number of aromatic nitrogens is 3. The number of hydrogen-bond donors (Lipinski definition) is 0. The van der Waals surface area contributed by atoms with Crippen LogP contribution in [0, 0.1) is 17.7 Å². The molecule has 2 aromatic heterocycles. The third-order valence-corrected chi connectivity index (χ3v) is 20.7. The first-order valence-corrected chi connectivity index (χ1v) is 28.0. The normalized spacial score (nSPS) is 22.2. The second kappa shape index (κ2) is 20.2. The molecule has 10 rings (SSSR count). The van der Waals surface area contributed by atoms with Crippen molar-refractivity contribution in [1.82, 2.24) is 29.7 Å². The number of anilines is 1. The molecule has 0 radical (unpaired) electrons. The molecule has 5 atom stereocenters. The molecular weight excluding hydrogens is 976 g/mol. The highest BCUT2D eigenvalue weighted by Gasteiger charge is 2.53. The molecule has 0 saturated carbocycles. The van der Waals surface area contributed by atoms with E-state index in [0.29, 0.717) is 66.1 Å². The number of carbonyl (C=O) groups excluding carboxylic acids is 2. The predicted molar refractivity (Wildman–Crippen MR) is 289 cm³/mol. The lowest BCUT2D eigenvalue weighted by Crippen LogP contribution is -2.67. The maximum Gasteiger partial charge on any atom is 0.411 e. The van der Waals surface area contributed by atoms with Crippen molar-refractivity contribution in [3.63, 3.8) is 0 Å². The molecule has 16 heteroatoms. The van der Waals surface area contributed by atoms with E-state index in [-0.39, 0.29) is 47.4 Å². The summed E-state index contributed by atoms with van der Waals surface area (Å²) in [5.74, 6) is 5.45. The van der Waals surface area contributed by atoms with Crippen molar-refractivity contribution in [3.05, 3.63) is 114 Å². The van der Waals surface area contributed by atoms with Crippen LogP contribution in [-0.4, -0.2) is 132 Å². The number of ether oxygens (including phenoxy) is 2. The SMILES string of the molecule is CN(c1nc(OC[C@@]23CCCN2C[C@H](F)C3)nc2c(F)c(-c3cccc4cccc(Cl)c34)ncc12)[C@@H]1CCN(C(=O)C#C[C@H]2C[C@@H](O[Si](c3ccccc3)(c3ccccc3)C(C)(C)C)CN2C(=O)OC(C)(C)C)C1. The van der Waals surface area contributed by atoms with Crippen LogP contribution in [-0.2, 0) is 14.0 Å². The zero-order valence-electron chi connectivity index (χ0n) is 43.2. The molecule has 0 bridgehead atoms. The van der Waals surface area contributed by atoms with Gasteiger partial charge in [0.25, 0.3) is 14.2 Å². The highest BCUT2D eigenvalue weighted by molar-refractivity contribution is 6.99. The topological polar surface area (TPSA) is 113 Å². The van der Waals surface area contributed by atoms with E-state index >= 15 is 4.39 Å². The summed E-state index contributed by atoms with van der Waals surface area (Å²) in [7, 11) is -1.15. The monoisotopic (exact) mass is 1040 g/mol. The van der Waals surface area contributed by atoms with Gasteiger partial charge in [-0.25, -0.2) is 13.6 Å². The van der Waals surface area contributed by atoms with E-state index < -0.39 is 49.7 Å². The van der Waals surface area contributed by atoms with Crippen molar-refractivity contribution in [2.24, 2.45) is 0 Å². The van der Waals surface area contributed by atoms with E-state index in [1.54, 1.807) is 28.1 Å². The number of amides is 2. The molecule has 6 aromatic rings. The number of fused-ring (bicyclic) bond motifs is 3. The fourth-order valence-corrected chi connectivity index (χ4v) is 16.8. The molecule has 12 nitrogen and oxygen atoms in total. The Morgan fingerprint density at radius 1 is 0.905 bits per heavy atom. The lowest BCUT2D eigenvalue weighted by molar-refractivity contribution is -0.124. The van der Waals surface area contributed by atoms with Gasteiger partial charge in [-0.15, -0.1) is 0 Å². The van der Waals surface area contributed by atoms with E-state index in [9.17, 15) is 14.0 Å². The largest absolute Gasteiger partial charge is 0.461 e. The van der Waals surface area contributed by atoms with E-state index in [2.05, 4.69) is 71.7 Å². The number of pyridine rings is 1. The van der Waals surface area contributed by atoms with Crippen molar-refractivity contribution in [2.45, 2.75) is 114 Å². The molecule has 2 amide bonds. The van der Waals surface area contributed by atoms with Crippen LogP contribution in [0.25, 0.3) is 32.9 Å². The third kappa shape index (κ3) is 9.82. The number of hydrogen-bond acceptors (Lipinski definition) is 10. The summed E-state index contributed by atoms with van der Waals surface area (Å²) in [5, 5.41) is 4.28. The van der Waals surface area contributed by atoms with Gasteiger partial charge in [0, 0.05) is 67.7 Å². The number of nitrogens with zero attached hydrogens (tertiary/aromatic N) is 7. The number of likely N-dealkylation sites (N-methyl/N-ethyl adjacent to an activating group) is 1. The molecule has 4 fully saturated rings. The number of alkyl halides is 1. The molecule has 0 aliphatic carbocycles. The maximum absolute atomic E-state index is 17.2. The summed E-state index contributed by atoms with van der Waals surface area (Å²) in [6, 6.07) is 30.9. The van der Waals surface area contributed by atoms with Gasteiger partial charge in [-0.1, -0.05) is 129 Å². The highest BCUT2D eigenvalue weighted by Crippen LogP contribution is 2.43. The van der Waals surface area contributed by atoms with Crippen molar-refractivity contribution >= 4 is 69.8 Å². The van der Waals surface area contributed by atoms with Crippen LogP contribution in [0.5, 0.6) is 6.01 Å². The number of likely N-dealkylation sites (tertiary alicyclic amines) is 2. The fourth-order valence-electron chi connectivity index (χ4n) is 11.8. The summed E-state index contributed by atoms with van der Waals surface area (Å²) >= 11 is 6.72. The lowest BCUT2D eigenvalue weighted by Gasteiger charge is -2.44. The minimum atomic E-state index is -3.01. The molecule has 0 unspecified atom stereocenters. The Labute approximate surface area is 438 Å². The summed E-state index contributed by atoms with van der Waals surface area (Å²) in [6.45, 7) is 14.4. The first-order valence-electron chi connectivity index (χ1n) is 25.7. The predicted octanol–water partition coefficient (Wildman–Crippen LogP) is 9.59. The summed E-state index contributed by atoms with van der Waals surface area (Å²) in [5.41, 5.74) is -0.638. The molecule has 4 aliphatic rings. The first-order chi connectivity index (χ1) is 35.3. The van der Waals surface area contributed by atoms with Crippen molar-refractivity contribution in [1.29, 1.82) is 0 Å². The van der Waals surface area contributed by atoms with E-state index in [1.807, 2.05) is 93.4 Å². The average Bonchev–Trinajstić information content (AvgIpc) is 4.18. The fraction of sp³-hybridized carbons (Fsp3) is 0.431. The Hall–Kier alpha value is -6.18. The second-order valence-electron chi connectivity index (χ2n) is 22.4. The smallest absolute Gasteiger partial charge is 0.411 e. The van der Waals surface area contributed by atoms with Gasteiger partial charge in [-0.2, -0.15) is 9.97 Å². The molecule has 6 heterocycles. The number of carbonyl (C=O) groups is 2. The molecule has 0 N–H and O–H groups in total. The van der Waals surface area contributed by atoms with Gasteiger partial charge < -0.3 is 23.7 Å². The van der Waals surface area contributed by atoms with Crippen molar-refractivity contribution < 1.29 is 32.3 Å². The van der Waals surface area contributed by atoms with Gasteiger partial charge in [0.1, 0.15) is 35.4 Å². The first kappa shape index (κ1) is 51.3. The van der Waals surface area contributed by atoms with Gasteiger partial charge in [-0.3, -0.25) is 19.6 Å². The van der Waals surface area contributed by atoms with E-state index in [4.69, 9.17) is 30.5 Å². The van der Waals surface area contributed by atoms with Crippen LogP contribution >= 0.6 is 11.6 Å². The quantitative estimate of drug-likeness (QED) is 0.0972. The highest BCUT2D eigenvalue weighted by atomic mass is 35.5. The van der Waals surface area contributed by atoms with Crippen LogP contribution in [0.15, 0.2) is 103 Å². The van der Waals surface area contributed by atoms with Crippen molar-refractivity contribution in [2.75, 3.05) is 51.3 Å². The van der Waals surface area contributed by atoms with Crippen LogP contribution in [0.3, 0.4) is 0 Å². The standard InChI is InChI=1S/C58H64ClF2N7O5Si/c1-56(2,3)72-55(70)68-36-42(73-74(57(4,5)6,43-19-10-8-11-20-43)44-21-12-9-13-22-44)31-40(68)25-26-48(69)66-30-27-41(35-66)65(7)53-46-33-62-51(45-23-14-17-38-18-15-24-47(59)49(38)45)50(61)52(46)63-54(64-53)71-37-58-28-16-29-67(58)34-39(60)32-58/h8-15,17-24,33,39-42H,16,27-32,34-37H2,1-7H3/t39-,40+,41-,42-,58+/m1/s1. The molecule has 4 aliphatic heterocycles. The van der Waals surface area contributed by atoms with Gasteiger partial charge in [0.2, 0.25) is 0 Å². The minimum absolute atomic E-state index is 0.0154.